The topological polar surface area (TPSA) is 98.0 Å². The van der Waals surface area contributed by atoms with Gasteiger partial charge in [0.15, 0.2) is 10.8 Å². The molecule has 0 aliphatic carbocycles. The van der Waals surface area contributed by atoms with Crippen molar-refractivity contribution < 1.29 is 4.79 Å². The Morgan fingerprint density at radius 2 is 2.22 bits per heavy atom. The lowest BCUT2D eigenvalue weighted by molar-refractivity contribution is -0.116. The van der Waals surface area contributed by atoms with Crippen LogP contribution in [0.3, 0.4) is 0 Å². The number of nitrogens with one attached hydrogen (secondary N) is 1. The number of carbonyl (C=O) groups is 1. The molecule has 9 heteroatoms. The number of aryl methyl sites for hydroxylation is 2. The molecule has 1 amide bonds. The third-order valence-electron chi connectivity index (χ3n) is 4.32. The van der Waals surface area contributed by atoms with E-state index in [1.807, 2.05) is 31.4 Å². The van der Waals surface area contributed by atoms with Gasteiger partial charge in [-0.2, -0.15) is 5.10 Å². The molecule has 0 saturated carbocycles. The van der Waals surface area contributed by atoms with Crippen LogP contribution in [0.5, 0.6) is 0 Å². The van der Waals surface area contributed by atoms with E-state index < -0.39 is 0 Å². The van der Waals surface area contributed by atoms with Gasteiger partial charge in [0.1, 0.15) is 6.33 Å². The molecule has 4 aromatic heterocycles. The molecule has 0 spiro atoms. The summed E-state index contributed by atoms with van der Waals surface area (Å²) in [6.07, 6.45) is 5.97. The van der Waals surface area contributed by atoms with Gasteiger partial charge in [-0.3, -0.25) is 9.78 Å². The molecule has 27 heavy (non-hydrogen) atoms. The number of anilines is 1. The molecule has 0 aliphatic heterocycles. The molecule has 0 radical (unpaired) electrons. The summed E-state index contributed by atoms with van der Waals surface area (Å²) in [6, 6.07) is 3.80. The second-order valence-electron chi connectivity index (χ2n) is 6.12. The Balaban J connectivity index is 1.43. The van der Waals surface area contributed by atoms with E-state index in [0.717, 1.165) is 33.7 Å². The normalized spacial score (nSPS) is 11.0. The molecule has 0 saturated heterocycles. The van der Waals surface area contributed by atoms with E-state index in [4.69, 9.17) is 0 Å². The van der Waals surface area contributed by atoms with Crippen molar-refractivity contribution in [1.29, 1.82) is 0 Å². The molecule has 4 heterocycles. The smallest absolute Gasteiger partial charge is 0.226 e. The number of nitrogens with zero attached hydrogens (tertiary/aromatic N) is 6. The molecular formula is C18H17N7OS. The standard InChI is InChI=1S/C18H17N7OS/c1-11-14(12(2)24-25-10-20-23-17(11)25)5-6-16(26)22-18-21-15(9-27-18)13-4-3-7-19-8-13/h3-4,7-10H,5-6H2,1-2H3,(H,21,22,26). The van der Waals surface area contributed by atoms with Gasteiger partial charge in [0.2, 0.25) is 5.91 Å². The molecule has 4 rings (SSSR count). The molecule has 0 aliphatic rings. The minimum atomic E-state index is -0.0813. The highest BCUT2D eigenvalue weighted by Crippen LogP contribution is 2.24. The Labute approximate surface area is 159 Å². The van der Waals surface area contributed by atoms with Gasteiger partial charge in [0.05, 0.1) is 11.4 Å². The predicted octanol–water partition coefficient (Wildman–Crippen LogP) is 2.83. The third kappa shape index (κ3) is 3.54. The van der Waals surface area contributed by atoms with Gasteiger partial charge in [-0.25, -0.2) is 9.50 Å². The van der Waals surface area contributed by atoms with E-state index in [1.54, 1.807) is 23.2 Å². The van der Waals surface area contributed by atoms with Crippen LogP contribution in [0.25, 0.3) is 16.9 Å². The highest BCUT2D eigenvalue weighted by molar-refractivity contribution is 7.14. The molecule has 0 unspecified atom stereocenters. The van der Waals surface area contributed by atoms with Crippen LogP contribution in [0.1, 0.15) is 23.2 Å². The Morgan fingerprint density at radius 1 is 1.33 bits per heavy atom. The maximum absolute atomic E-state index is 12.4. The fourth-order valence-corrected chi connectivity index (χ4v) is 3.68. The van der Waals surface area contributed by atoms with Crippen LogP contribution in [0.2, 0.25) is 0 Å². The van der Waals surface area contributed by atoms with Crippen LogP contribution in [-0.4, -0.2) is 35.7 Å². The summed E-state index contributed by atoms with van der Waals surface area (Å²) in [7, 11) is 0. The highest BCUT2D eigenvalue weighted by atomic mass is 32.1. The quantitative estimate of drug-likeness (QED) is 0.573. The van der Waals surface area contributed by atoms with Crippen molar-refractivity contribution >= 4 is 28.0 Å². The summed E-state index contributed by atoms with van der Waals surface area (Å²) in [6.45, 7) is 3.91. The third-order valence-corrected chi connectivity index (χ3v) is 5.08. The summed E-state index contributed by atoms with van der Waals surface area (Å²) in [5.41, 5.74) is 5.35. The maximum atomic E-state index is 12.4. The summed E-state index contributed by atoms with van der Waals surface area (Å²) in [4.78, 5) is 20.9. The zero-order chi connectivity index (χ0) is 18.8. The Bertz CT molecular complexity index is 1100. The van der Waals surface area contributed by atoms with Crippen molar-refractivity contribution in [1.82, 2.24) is 29.8 Å². The number of hydrogen-bond donors (Lipinski definition) is 1. The molecule has 0 aromatic carbocycles. The van der Waals surface area contributed by atoms with E-state index in [9.17, 15) is 4.79 Å². The van der Waals surface area contributed by atoms with Crippen LogP contribution in [0.4, 0.5) is 5.13 Å². The fourth-order valence-electron chi connectivity index (χ4n) is 2.94. The van der Waals surface area contributed by atoms with Gasteiger partial charge in [0, 0.05) is 35.3 Å². The zero-order valence-electron chi connectivity index (χ0n) is 14.9. The number of rotatable bonds is 5. The van der Waals surface area contributed by atoms with Crippen LogP contribution in [-0.2, 0) is 11.2 Å². The number of fused-ring (bicyclic) bond motifs is 1. The van der Waals surface area contributed by atoms with Gasteiger partial charge < -0.3 is 5.32 Å². The summed E-state index contributed by atoms with van der Waals surface area (Å²) < 4.78 is 1.66. The highest BCUT2D eigenvalue weighted by Gasteiger charge is 2.14. The molecule has 1 N–H and O–H groups in total. The van der Waals surface area contributed by atoms with Crippen molar-refractivity contribution in [2.45, 2.75) is 26.7 Å². The van der Waals surface area contributed by atoms with Gasteiger partial charge in [-0.15, -0.1) is 21.5 Å². The van der Waals surface area contributed by atoms with Crippen molar-refractivity contribution in [2.75, 3.05) is 5.32 Å². The molecule has 4 aromatic rings. The minimum absolute atomic E-state index is 0.0813. The lowest BCUT2D eigenvalue weighted by atomic mass is 10.0. The number of pyridine rings is 1. The van der Waals surface area contributed by atoms with Gasteiger partial charge in [-0.1, -0.05) is 0 Å². The number of carbonyl (C=O) groups excluding carboxylic acids is 1. The first-order chi connectivity index (χ1) is 13.1. The van der Waals surface area contributed by atoms with E-state index >= 15 is 0 Å². The van der Waals surface area contributed by atoms with E-state index in [2.05, 4.69) is 30.6 Å². The summed E-state index contributed by atoms with van der Waals surface area (Å²) in [5, 5.41) is 17.8. The average molecular weight is 379 g/mol. The average Bonchev–Trinajstić information content (AvgIpc) is 3.32. The van der Waals surface area contributed by atoms with Gasteiger partial charge in [0.25, 0.3) is 0 Å². The number of thiazole rings is 1. The minimum Gasteiger partial charge on any atom is -0.302 e. The Hall–Kier alpha value is -3.20. The van der Waals surface area contributed by atoms with Crippen molar-refractivity contribution in [3.8, 4) is 11.3 Å². The van der Waals surface area contributed by atoms with Crippen LogP contribution < -0.4 is 5.32 Å². The monoisotopic (exact) mass is 379 g/mol. The number of amides is 1. The lowest BCUT2D eigenvalue weighted by Gasteiger charge is -2.09. The largest absolute Gasteiger partial charge is 0.302 e. The molecular weight excluding hydrogens is 362 g/mol. The van der Waals surface area contributed by atoms with Gasteiger partial charge in [-0.05, 0) is 38.0 Å². The second-order valence-corrected chi connectivity index (χ2v) is 6.97. The Kier molecular flexibility index (Phi) is 4.59. The van der Waals surface area contributed by atoms with Crippen molar-refractivity contribution in [3.63, 3.8) is 0 Å². The first kappa shape index (κ1) is 17.2. The Morgan fingerprint density at radius 3 is 3.04 bits per heavy atom. The van der Waals surface area contributed by atoms with Crippen LogP contribution >= 0.6 is 11.3 Å². The molecule has 0 fully saturated rings. The molecule has 0 atom stereocenters. The lowest BCUT2D eigenvalue weighted by Crippen LogP contribution is -2.13. The number of hydrogen-bond acceptors (Lipinski definition) is 7. The van der Waals surface area contributed by atoms with Gasteiger partial charge >= 0.3 is 0 Å². The maximum Gasteiger partial charge on any atom is 0.226 e. The summed E-state index contributed by atoms with van der Waals surface area (Å²) >= 11 is 1.40. The SMILES string of the molecule is Cc1nn2cnnc2c(C)c1CCC(=O)Nc1nc(-c2cccnc2)cs1. The summed E-state index contributed by atoms with van der Waals surface area (Å²) in [5.74, 6) is -0.0813. The molecule has 136 valence electrons. The van der Waals surface area contributed by atoms with Crippen molar-refractivity contribution in [3.05, 3.63) is 53.1 Å². The first-order valence-corrected chi connectivity index (χ1v) is 9.31. The fraction of sp³-hybridized carbons (Fsp3) is 0.222. The van der Waals surface area contributed by atoms with Crippen LogP contribution in [0.15, 0.2) is 36.2 Å². The van der Waals surface area contributed by atoms with Crippen molar-refractivity contribution in [2.24, 2.45) is 0 Å². The zero-order valence-corrected chi connectivity index (χ0v) is 15.7. The molecule has 0 bridgehead atoms. The van der Waals surface area contributed by atoms with E-state index in [1.165, 1.54) is 11.3 Å². The van der Waals surface area contributed by atoms with E-state index in [-0.39, 0.29) is 5.91 Å². The predicted molar refractivity (Wildman–Crippen MR) is 103 cm³/mol. The first-order valence-electron chi connectivity index (χ1n) is 8.43. The second kappa shape index (κ2) is 7.20. The van der Waals surface area contributed by atoms with E-state index in [0.29, 0.717) is 18.0 Å². The van der Waals surface area contributed by atoms with Crippen LogP contribution in [0, 0.1) is 13.8 Å². The molecule has 8 nitrogen and oxygen atoms in total. The number of aromatic nitrogens is 6.